The van der Waals surface area contributed by atoms with Gasteiger partial charge in [0.1, 0.15) is 5.20 Å². The number of hydrogen-bond donors (Lipinski definition) is 0. The molecule has 1 aromatic carbocycles. The molecule has 1 heterocycles. The van der Waals surface area contributed by atoms with Gasteiger partial charge >= 0.3 is 62.0 Å². The molecule has 47 heavy (non-hydrogen) atoms. The molecule has 5 aliphatic rings. The molecular weight excluding hydrogens is 723 g/mol. The van der Waals surface area contributed by atoms with E-state index in [1.54, 1.807) is 38.5 Å². The molecule has 0 saturated heterocycles. The first-order chi connectivity index (χ1) is 22.3. The molecule has 5 saturated carbocycles. The van der Waals surface area contributed by atoms with Gasteiger partial charge in [0.25, 0.3) is 0 Å². The molecule has 0 aliphatic heterocycles. The van der Waals surface area contributed by atoms with Crippen molar-refractivity contribution in [3.8, 4) is 0 Å². The Labute approximate surface area is 308 Å². The molecule has 0 atom stereocenters. The maximum Gasteiger partial charge on any atom is 0.108 e. The molecule has 6 heteroatoms. The minimum Gasteiger partial charge on any atom is -1.00 e. The number of hydrogen-bond acceptors (Lipinski definition) is 0. The molecule has 2 aromatic rings. The zero-order chi connectivity index (χ0) is 30.7. The van der Waals surface area contributed by atoms with Crippen LogP contribution in [0.3, 0.4) is 0 Å². The third-order valence-electron chi connectivity index (χ3n) is 12.6. The van der Waals surface area contributed by atoms with Gasteiger partial charge < -0.3 is 33.9 Å². The van der Waals surface area contributed by atoms with Crippen molar-refractivity contribution in [2.75, 3.05) is 0 Å². The maximum absolute atomic E-state index is 3.57. The van der Waals surface area contributed by atoms with Crippen molar-refractivity contribution < 1.29 is 41.5 Å². The Kier molecular flexibility index (Phi) is 17.3. The first kappa shape index (κ1) is 39.5. The average Bonchev–Trinajstić information content (AvgIpc) is 3.57. The van der Waals surface area contributed by atoms with E-state index in [1.165, 1.54) is 126 Å². The van der Waals surface area contributed by atoms with Gasteiger partial charge in [0.05, 0.1) is 0 Å². The van der Waals surface area contributed by atoms with E-state index < -0.39 is 6.89 Å². The number of benzene rings is 1. The summed E-state index contributed by atoms with van der Waals surface area (Å²) in [5, 5.41) is 2.02. The Morgan fingerprint density at radius 1 is 0.511 bits per heavy atom. The van der Waals surface area contributed by atoms with Crippen LogP contribution in [0.2, 0.25) is 0 Å². The third kappa shape index (κ3) is 9.54. The molecule has 0 radical (unpaired) electrons. The largest absolute Gasteiger partial charge is 1.00 e. The van der Waals surface area contributed by atoms with Crippen LogP contribution < -0.4 is 29.0 Å². The number of halogens is 2. The standard InChI is InChI=1S/C33H57N2P.C6H5.C2H2.2ClH.Ru/c1-6-16-28(17-7-1)34-26-27-35(29-18-8-2-9-19-29)33(34)36(30-20-10-3-11-21-30,31-22-12-4-13-23-31)32-24-14-5-15-25-32;1-2-4-6-5-3-1;1-2;;;/h26-32H,1-25H2;1-5H;1H2;2*1H;/q;;;;;+2/p-2. The second-order valence-electron chi connectivity index (χ2n) is 15.2. The van der Waals surface area contributed by atoms with E-state index in [-0.39, 0.29) is 41.5 Å². The normalized spacial score (nSPS) is 22.6. The average molecular weight is 788 g/mol. The summed E-state index contributed by atoms with van der Waals surface area (Å²) in [5.41, 5.74) is 3.14. The van der Waals surface area contributed by atoms with Crippen molar-refractivity contribution in [3.05, 3.63) is 54.5 Å². The van der Waals surface area contributed by atoms with Crippen molar-refractivity contribution in [2.45, 2.75) is 190 Å². The smallest absolute Gasteiger partial charge is 0.108 e. The van der Waals surface area contributed by atoms with E-state index in [2.05, 4.69) is 44.5 Å². The van der Waals surface area contributed by atoms with Crippen LogP contribution in [0.1, 0.15) is 173 Å². The van der Waals surface area contributed by atoms with Crippen LogP contribution in [0.4, 0.5) is 0 Å². The fraction of sp³-hybridized carbons (Fsp3) is 0.732. The summed E-state index contributed by atoms with van der Waals surface area (Å²) in [7, 11) is 0. The van der Waals surface area contributed by atoms with Crippen LogP contribution in [0.15, 0.2) is 49.3 Å². The predicted molar refractivity (Wildman–Crippen MR) is 194 cm³/mol. The van der Waals surface area contributed by atoms with E-state index in [4.69, 9.17) is 0 Å². The quantitative estimate of drug-likeness (QED) is 0.258. The van der Waals surface area contributed by atoms with Crippen LogP contribution in [0.5, 0.6) is 0 Å². The summed E-state index contributed by atoms with van der Waals surface area (Å²) in [6.45, 7) is 2.26. The topological polar surface area (TPSA) is 9.86 Å². The minimum atomic E-state index is -1.31. The SMILES string of the molecule is C=[C]=[Ru+2][c]1ccccc1.[Cl-].[Cl-].c1cn(C2CCCCC2)c(=P(C2CCCCC2)(C2CCCCC2)C2CCCCC2)n1C1CCCCC1. The van der Waals surface area contributed by atoms with Crippen LogP contribution in [0.25, 0.3) is 0 Å². The molecule has 5 aliphatic carbocycles. The Hall–Kier alpha value is -0.287. The van der Waals surface area contributed by atoms with Gasteiger partial charge in [-0.25, -0.2) is 0 Å². The zero-order valence-electron chi connectivity index (χ0n) is 29.3. The molecule has 1 aromatic heterocycles. The van der Waals surface area contributed by atoms with Crippen molar-refractivity contribution in [1.29, 1.82) is 0 Å². The van der Waals surface area contributed by atoms with Crippen LogP contribution in [-0.4, -0.2) is 30.4 Å². The van der Waals surface area contributed by atoms with E-state index in [9.17, 15) is 0 Å². The monoisotopic (exact) mass is 787 g/mol. The summed E-state index contributed by atoms with van der Waals surface area (Å²) < 4.78 is 10.4. The Balaban J connectivity index is 0.000000396. The molecule has 0 amide bonds. The summed E-state index contributed by atoms with van der Waals surface area (Å²) in [6.07, 6.45) is 43.1. The van der Waals surface area contributed by atoms with Gasteiger partial charge in [0, 0.05) is 24.5 Å². The van der Waals surface area contributed by atoms with E-state index >= 15 is 0 Å². The van der Waals surface area contributed by atoms with Crippen molar-refractivity contribution >= 4 is 15.3 Å². The van der Waals surface area contributed by atoms with Gasteiger partial charge in [-0.3, -0.25) is 0 Å². The van der Waals surface area contributed by atoms with Crippen LogP contribution in [0, 0.1) is 5.20 Å². The van der Waals surface area contributed by atoms with E-state index in [1.807, 2.05) is 23.4 Å². The van der Waals surface area contributed by atoms with Gasteiger partial charge in [-0.05, 0) is 81.2 Å². The van der Waals surface area contributed by atoms with E-state index in [0.717, 1.165) is 29.1 Å². The Morgan fingerprint density at radius 3 is 1.19 bits per heavy atom. The Morgan fingerprint density at radius 2 is 0.851 bits per heavy atom. The zero-order valence-corrected chi connectivity index (χ0v) is 33.4. The molecule has 5 fully saturated rings. The maximum atomic E-state index is 3.57. The minimum absolute atomic E-state index is 0. The van der Waals surface area contributed by atoms with Crippen molar-refractivity contribution in [1.82, 2.24) is 9.13 Å². The summed E-state index contributed by atoms with van der Waals surface area (Å²) in [6, 6.07) is 11.9. The van der Waals surface area contributed by atoms with Gasteiger partial charge in [-0.1, -0.05) is 103 Å². The molecule has 0 N–H and O–H groups in total. The van der Waals surface area contributed by atoms with Crippen molar-refractivity contribution in [2.24, 2.45) is 0 Å². The number of nitrogens with zero attached hydrogens (tertiary/aromatic N) is 2. The van der Waals surface area contributed by atoms with Gasteiger partial charge in [0.15, 0.2) is 0 Å². The Bertz CT molecular complexity index is 1210. The molecule has 7 rings (SSSR count). The summed E-state index contributed by atoms with van der Waals surface area (Å²) in [4.78, 5) is 0. The van der Waals surface area contributed by atoms with Crippen LogP contribution in [-0.2, 0) is 16.7 Å². The van der Waals surface area contributed by atoms with Crippen molar-refractivity contribution in [3.63, 3.8) is 0 Å². The number of aromatic nitrogens is 2. The molecule has 0 unspecified atom stereocenters. The van der Waals surface area contributed by atoms with Gasteiger partial charge in [-0.2, -0.15) is 0 Å². The second-order valence-corrected chi connectivity index (χ2v) is 21.5. The number of imidazole rings is 1. The molecular formula is C41H64Cl2N2PRu. The number of rotatable bonds is 6. The molecule has 0 spiro atoms. The third-order valence-corrected chi connectivity index (χ3v) is 20.3. The first-order valence-electron chi connectivity index (χ1n) is 19.5. The molecule has 0 bridgehead atoms. The fourth-order valence-corrected chi connectivity index (χ4v) is 19.2. The van der Waals surface area contributed by atoms with E-state index in [0.29, 0.717) is 0 Å². The summed E-state index contributed by atoms with van der Waals surface area (Å²) in [5.74, 6) is 0. The fourth-order valence-electron chi connectivity index (χ4n) is 10.5. The second kappa shape index (κ2) is 20.5. The van der Waals surface area contributed by atoms with Gasteiger partial charge in [0.2, 0.25) is 0 Å². The first-order valence-corrected chi connectivity index (χ1v) is 23.2. The predicted octanol–water partition coefficient (Wildman–Crippen LogP) is 5.84. The summed E-state index contributed by atoms with van der Waals surface area (Å²) >= 11 is 0.129. The molecule has 2 nitrogen and oxygen atoms in total. The van der Waals surface area contributed by atoms with Crippen LogP contribution >= 0.6 is 6.89 Å². The molecule has 265 valence electrons. The van der Waals surface area contributed by atoms with Gasteiger partial charge in [-0.15, -0.1) is 0 Å².